The van der Waals surface area contributed by atoms with Crippen LogP contribution < -0.4 is 15.1 Å². The smallest absolute Gasteiger partial charge is 0.329 e. The topological polar surface area (TPSA) is 175 Å². The van der Waals surface area contributed by atoms with Crippen molar-refractivity contribution in [2.75, 3.05) is 43.1 Å². The third kappa shape index (κ3) is 6.83. The second-order valence-electron chi connectivity index (χ2n) is 16.6. The summed E-state index contributed by atoms with van der Waals surface area (Å²) in [5.41, 5.74) is 0.571. The van der Waals surface area contributed by atoms with Gasteiger partial charge in [0.25, 0.3) is 0 Å². The van der Waals surface area contributed by atoms with Crippen LogP contribution in [0.3, 0.4) is 0 Å². The number of ether oxygens (including phenoxy) is 2. The number of cyclic esters (lactones) is 1. The largest absolute Gasteiger partial charge is 0.508 e. The van der Waals surface area contributed by atoms with Crippen molar-refractivity contribution in [2.24, 2.45) is 11.8 Å². The first-order chi connectivity index (χ1) is 30.6. The van der Waals surface area contributed by atoms with Gasteiger partial charge in [0, 0.05) is 38.6 Å². The molecule has 7 atom stereocenters. The Labute approximate surface area is 364 Å². The number of carbonyl (C=O) groups is 5. The van der Waals surface area contributed by atoms with Crippen LogP contribution in [0.5, 0.6) is 5.75 Å². The summed E-state index contributed by atoms with van der Waals surface area (Å²) in [4.78, 5) is 90.6. The highest BCUT2D eigenvalue weighted by Gasteiger charge is 2.76. The third-order valence-corrected chi connectivity index (χ3v) is 12.9. The van der Waals surface area contributed by atoms with E-state index in [1.807, 2.05) is 70.5 Å². The van der Waals surface area contributed by atoms with Gasteiger partial charge < -0.3 is 29.7 Å². The Morgan fingerprint density at radius 1 is 0.778 bits per heavy atom. The van der Waals surface area contributed by atoms with Crippen LogP contribution in [0.4, 0.5) is 16.4 Å². The van der Waals surface area contributed by atoms with Gasteiger partial charge in [-0.3, -0.25) is 19.3 Å². The Kier molecular flexibility index (Phi) is 10.9. The second kappa shape index (κ2) is 16.6. The van der Waals surface area contributed by atoms with Crippen molar-refractivity contribution in [3.63, 3.8) is 0 Å². The lowest BCUT2D eigenvalue weighted by Crippen LogP contribution is -2.60. The Morgan fingerprint density at radius 3 is 2.03 bits per heavy atom. The maximum absolute atomic E-state index is 16.3. The summed E-state index contributed by atoms with van der Waals surface area (Å²) < 4.78 is 11.6. The van der Waals surface area contributed by atoms with Crippen molar-refractivity contribution >= 4 is 41.4 Å². The van der Waals surface area contributed by atoms with Gasteiger partial charge >= 0.3 is 18.0 Å². The molecule has 4 aromatic carbocycles. The molecule has 15 heteroatoms. The quantitative estimate of drug-likeness (QED) is 0.198. The summed E-state index contributed by atoms with van der Waals surface area (Å²) >= 11 is 0. The van der Waals surface area contributed by atoms with E-state index >= 15 is 14.4 Å². The molecular weight excluding hydrogens is 803 g/mol. The Balaban J connectivity index is 1.28. The number of fused-ring (bicyclic) bond motifs is 3. The molecule has 63 heavy (non-hydrogen) atoms. The van der Waals surface area contributed by atoms with E-state index < -0.39 is 77.3 Å². The first kappa shape index (κ1) is 41.2. The van der Waals surface area contributed by atoms with E-state index in [-0.39, 0.29) is 24.5 Å². The number of urea groups is 1. The van der Waals surface area contributed by atoms with Gasteiger partial charge in [-0.1, -0.05) is 105 Å². The Morgan fingerprint density at radius 2 is 1.40 bits per heavy atom. The van der Waals surface area contributed by atoms with Crippen molar-refractivity contribution in [1.82, 2.24) is 25.1 Å². The maximum atomic E-state index is 16.3. The minimum Gasteiger partial charge on any atom is -0.508 e. The van der Waals surface area contributed by atoms with Crippen molar-refractivity contribution in [1.29, 1.82) is 0 Å². The Bertz CT molecular complexity index is 2520. The number of morpholine rings is 1. The first-order valence-corrected chi connectivity index (χ1v) is 21.1. The lowest BCUT2D eigenvalue weighted by atomic mass is 9.65. The zero-order valence-electron chi connectivity index (χ0n) is 35.0. The number of rotatable bonds is 8. The number of benzene rings is 4. The molecule has 9 rings (SSSR count). The minimum absolute atomic E-state index is 0.0308. The summed E-state index contributed by atoms with van der Waals surface area (Å²) in [6.07, 6.45) is 2.41. The molecule has 0 radical (unpaired) electrons. The molecule has 5 heterocycles. The zero-order valence-corrected chi connectivity index (χ0v) is 35.0. The summed E-state index contributed by atoms with van der Waals surface area (Å²) in [5.74, 6) is -4.00. The molecule has 1 spiro atoms. The lowest BCUT2D eigenvalue weighted by molar-refractivity contribution is -0.179. The molecular formula is C48H47N7O8. The van der Waals surface area contributed by atoms with Gasteiger partial charge in [-0.25, -0.2) is 24.5 Å². The molecule has 322 valence electrons. The van der Waals surface area contributed by atoms with Crippen molar-refractivity contribution in [2.45, 2.75) is 49.5 Å². The van der Waals surface area contributed by atoms with Crippen molar-refractivity contribution < 1.29 is 38.6 Å². The number of nitrogens with one attached hydrogen (secondary N) is 1. The SMILES string of the molecule is COC(=O)C(NC(=O)N1C(=O)C2(c3ccccc31)C(C(=O)N1CCN(c3ncccn3)CC1)C1C(=O)OC(c3ccccc3)C(c3ccccc3)N1C2c1ccc(O)cc1)C(C)C. The molecule has 4 amide bonds. The fraction of sp³-hybridized carbons (Fsp3) is 0.312. The molecule has 2 N–H and O–H groups in total. The van der Waals surface area contributed by atoms with E-state index in [0.717, 1.165) is 10.5 Å². The number of nitrogens with zero attached hydrogens (tertiary/aromatic N) is 6. The molecule has 3 fully saturated rings. The first-order valence-electron chi connectivity index (χ1n) is 21.1. The van der Waals surface area contributed by atoms with Gasteiger partial charge in [0.05, 0.1) is 30.8 Å². The van der Waals surface area contributed by atoms with Crippen LogP contribution in [0.25, 0.3) is 0 Å². The summed E-state index contributed by atoms with van der Waals surface area (Å²) in [6, 6.07) is 28.6. The number of piperazine rings is 1. The van der Waals surface area contributed by atoms with E-state index in [1.54, 1.807) is 73.6 Å². The van der Waals surface area contributed by atoms with Gasteiger partial charge in [0.15, 0.2) is 0 Å². The van der Waals surface area contributed by atoms with E-state index in [2.05, 4.69) is 15.3 Å². The van der Waals surface area contributed by atoms with Gasteiger partial charge in [-0.05, 0) is 52.4 Å². The number of methoxy groups -OCH3 is 1. The van der Waals surface area contributed by atoms with E-state index in [9.17, 15) is 14.7 Å². The molecule has 0 aliphatic carbocycles. The standard InChI is InChI=1S/C48H47N7O8/c1-29(2)37(43(58)62-3)51-47(61)54-35-18-11-10-17-34(35)48(45(54)60)36(42(57)52-25-27-53(28-26-52)46-49-23-12-24-50-46)39-44(59)63-40(31-15-8-5-9-16-31)38(30-13-6-4-7-14-30)55(39)41(48)32-19-21-33(56)22-20-32/h4-24,29,36-41,56H,25-28H2,1-3H3,(H,51,61). The summed E-state index contributed by atoms with van der Waals surface area (Å²) in [5, 5.41) is 13.4. The maximum Gasteiger partial charge on any atom is 0.329 e. The number of phenols is 1. The number of imide groups is 1. The number of carbonyl (C=O) groups excluding carboxylic acids is 5. The predicted octanol–water partition coefficient (Wildman–Crippen LogP) is 5.10. The van der Waals surface area contributed by atoms with E-state index in [1.165, 1.54) is 19.2 Å². The second-order valence-corrected chi connectivity index (χ2v) is 16.6. The van der Waals surface area contributed by atoms with Crippen LogP contribution in [0.1, 0.15) is 54.3 Å². The highest BCUT2D eigenvalue weighted by atomic mass is 16.6. The van der Waals surface area contributed by atoms with Gasteiger partial charge in [0.1, 0.15) is 29.4 Å². The average Bonchev–Trinajstić information content (AvgIpc) is 3.77. The molecule has 0 bridgehead atoms. The monoisotopic (exact) mass is 849 g/mol. The fourth-order valence-corrected chi connectivity index (χ4v) is 10.1. The molecule has 1 aromatic heterocycles. The van der Waals surface area contributed by atoms with Crippen molar-refractivity contribution in [3.05, 3.63) is 150 Å². The number of aromatic nitrogens is 2. The summed E-state index contributed by atoms with van der Waals surface area (Å²) in [7, 11) is 1.22. The zero-order chi connectivity index (χ0) is 44.0. The number of hydrogen-bond donors (Lipinski definition) is 2. The van der Waals surface area contributed by atoms with E-state index in [0.29, 0.717) is 35.7 Å². The van der Waals surface area contributed by atoms with Crippen LogP contribution in [-0.2, 0) is 34.1 Å². The van der Waals surface area contributed by atoms with Gasteiger partial charge in [0.2, 0.25) is 17.8 Å². The summed E-state index contributed by atoms with van der Waals surface area (Å²) in [6.45, 7) is 4.69. The number of hydrogen-bond acceptors (Lipinski definition) is 12. The van der Waals surface area contributed by atoms with Crippen molar-refractivity contribution in [3.8, 4) is 5.75 Å². The Hall–Kier alpha value is -7.13. The molecule has 4 aliphatic rings. The van der Waals surface area contributed by atoms with Crippen LogP contribution in [0, 0.1) is 11.8 Å². The number of phenolic OH excluding ortho intramolecular Hbond substituents is 1. The highest BCUT2D eigenvalue weighted by molar-refractivity contribution is 6.25. The van der Waals surface area contributed by atoms with Gasteiger partial charge in [-0.2, -0.15) is 0 Å². The number of esters is 2. The molecule has 15 nitrogen and oxygen atoms in total. The number of amides is 4. The molecule has 5 aromatic rings. The van der Waals surface area contributed by atoms with Crippen LogP contribution in [-0.4, -0.2) is 100 Å². The van der Waals surface area contributed by atoms with Gasteiger partial charge in [-0.15, -0.1) is 0 Å². The predicted molar refractivity (Wildman–Crippen MR) is 230 cm³/mol. The lowest BCUT2D eigenvalue weighted by Gasteiger charge is -2.46. The number of anilines is 2. The normalized spacial score (nSPS) is 24.8. The average molecular weight is 850 g/mol. The molecule has 0 saturated carbocycles. The molecule has 3 saturated heterocycles. The number of aromatic hydroxyl groups is 1. The molecule has 7 unspecified atom stereocenters. The number of para-hydroxylation sites is 1. The van der Waals surface area contributed by atoms with Crippen LogP contribution in [0.15, 0.2) is 128 Å². The fourth-order valence-electron chi connectivity index (χ4n) is 10.1. The minimum atomic E-state index is -1.96. The third-order valence-electron chi connectivity index (χ3n) is 12.9. The van der Waals surface area contributed by atoms with Crippen LogP contribution >= 0.6 is 0 Å². The molecule has 4 aliphatic heterocycles. The highest BCUT2D eigenvalue weighted by Crippen LogP contribution is 2.66. The van der Waals surface area contributed by atoms with Crippen LogP contribution in [0.2, 0.25) is 0 Å². The van der Waals surface area contributed by atoms with E-state index in [4.69, 9.17) is 9.47 Å².